The lowest BCUT2D eigenvalue weighted by Gasteiger charge is -2.32. The van der Waals surface area contributed by atoms with Crippen molar-refractivity contribution < 1.29 is 24.2 Å². The summed E-state index contributed by atoms with van der Waals surface area (Å²) in [4.78, 5) is 30.4. The van der Waals surface area contributed by atoms with Crippen molar-refractivity contribution in [3.63, 3.8) is 0 Å². The number of benzene rings is 1. The van der Waals surface area contributed by atoms with Gasteiger partial charge in [-0.3, -0.25) is 9.59 Å². The molecule has 30 heavy (non-hydrogen) atoms. The third-order valence-corrected chi connectivity index (χ3v) is 6.22. The first-order valence-electron chi connectivity index (χ1n) is 11.0. The van der Waals surface area contributed by atoms with Crippen LogP contribution in [0.1, 0.15) is 30.2 Å². The van der Waals surface area contributed by atoms with E-state index >= 15 is 0 Å². The highest BCUT2D eigenvalue weighted by atomic mass is 16.3. The Morgan fingerprint density at radius 1 is 0.933 bits per heavy atom. The first kappa shape index (κ1) is 20.6. The largest absolute Gasteiger partial charge is 0.463 e. The molecule has 1 atom stereocenters. The average molecular weight is 413 g/mol. The molecule has 0 saturated carbocycles. The molecule has 2 aromatic rings. The Morgan fingerprint density at radius 2 is 1.63 bits per heavy atom. The van der Waals surface area contributed by atoms with Gasteiger partial charge in [-0.15, -0.1) is 0 Å². The van der Waals surface area contributed by atoms with E-state index in [-0.39, 0.29) is 17.9 Å². The van der Waals surface area contributed by atoms with Gasteiger partial charge in [-0.1, -0.05) is 30.3 Å². The molecule has 3 N–H and O–H groups in total. The van der Waals surface area contributed by atoms with E-state index in [9.17, 15) is 9.59 Å². The summed E-state index contributed by atoms with van der Waals surface area (Å²) in [7, 11) is 0. The number of furan rings is 1. The fraction of sp³-hybridized carbons (Fsp3) is 0.478. The van der Waals surface area contributed by atoms with Gasteiger partial charge in [-0.05, 0) is 25.0 Å². The van der Waals surface area contributed by atoms with Gasteiger partial charge in [0, 0.05) is 18.7 Å². The number of nitrogens with zero attached hydrogens (tertiary/aromatic N) is 2. The van der Waals surface area contributed by atoms with Gasteiger partial charge in [0.1, 0.15) is 0 Å². The topological polar surface area (TPSA) is 74.8 Å². The number of hydrogen-bond donors (Lipinski definition) is 2. The SMILES string of the molecule is O=C(C[NH2+][C@@H](c1ccccc1)c1ccco1)N1CC[NH+](CC(=O)N2CCCC2)CC1. The second kappa shape index (κ2) is 9.91. The molecule has 4 rings (SSSR count). The predicted octanol–water partition coefficient (Wildman–Crippen LogP) is -0.718. The summed E-state index contributed by atoms with van der Waals surface area (Å²) in [5.41, 5.74) is 1.12. The second-order valence-corrected chi connectivity index (χ2v) is 8.24. The highest BCUT2D eigenvalue weighted by Gasteiger charge is 2.29. The summed E-state index contributed by atoms with van der Waals surface area (Å²) < 4.78 is 5.63. The van der Waals surface area contributed by atoms with Crippen molar-refractivity contribution in [2.24, 2.45) is 0 Å². The van der Waals surface area contributed by atoms with E-state index in [0.717, 1.165) is 50.3 Å². The maximum Gasteiger partial charge on any atom is 0.278 e. The smallest absolute Gasteiger partial charge is 0.278 e. The molecule has 2 aliphatic heterocycles. The number of likely N-dealkylation sites (tertiary alicyclic amines) is 1. The zero-order valence-electron chi connectivity index (χ0n) is 17.5. The molecule has 3 heterocycles. The van der Waals surface area contributed by atoms with Gasteiger partial charge in [-0.2, -0.15) is 0 Å². The normalized spacial score (nSPS) is 18.5. The molecular formula is C23H32N4O3+2. The summed E-state index contributed by atoms with van der Waals surface area (Å²) in [6.07, 6.45) is 3.93. The Balaban J connectivity index is 1.26. The zero-order valence-corrected chi connectivity index (χ0v) is 17.5. The average Bonchev–Trinajstić information content (AvgIpc) is 3.50. The first-order chi connectivity index (χ1) is 14.7. The summed E-state index contributed by atoms with van der Waals surface area (Å²) in [6.45, 7) is 5.86. The first-order valence-corrected chi connectivity index (χ1v) is 11.0. The van der Waals surface area contributed by atoms with Gasteiger partial charge < -0.3 is 24.4 Å². The molecule has 0 spiro atoms. The van der Waals surface area contributed by atoms with Gasteiger partial charge >= 0.3 is 0 Å². The zero-order chi connectivity index (χ0) is 20.8. The van der Waals surface area contributed by atoms with Gasteiger partial charge in [0.25, 0.3) is 11.8 Å². The molecule has 2 fully saturated rings. The van der Waals surface area contributed by atoms with E-state index in [0.29, 0.717) is 26.2 Å². The third-order valence-electron chi connectivity index (χ3n) is 6.22. The lowest BCUT2D eigenvalue weighted by molar-refractivity contribution is -0.896. The van der Waals surface area contributed by atoms with E-state index in [1.165, 1.54) is 4.90 Å². The predicted molar refractivity (Wildman–Crippen MR) is 112 cm³/mol. The monoisotopic (exact) mass is 412 g/mol. The number of rotatable bonds is 7. The maximum absolute atomic E-state index is 12.8. The Bertz CT molecular complexity index is 810. The number of piperazine rings is 1. The van der Waals surface area contributed by atoms with Crippen molar-refractivity contribution in [1.29, 1.82) is 0 Å². The van der Waals surface area contributed by atoms with Crippen LogP contribution in [0.25, 0.3) is 0 Å². The van der Waals surface area contributed by atoms with Gasteiger partial charge in [0.15, 0.2) is 24.9 Å². The molecule has 7 nitrogen and oxygen atoms in total. The summed E-state index contributed by atoms with van der Waals surface area (Å²) in [5, 5.41) is 2.05. The van der Waals surface area contributed by atoms with E-state index in [2.05, 4.69) is 12.1 Å². The number of hydrogen-bond acceptors (Lipinski definition) is 3. The molecule has 1 aromatic carbocycles. The van der Waals surface area contributed by atoms with Crippen LogP contribution in [0.4, 0.5) is 0 Å². The molecule has 2 aliphatic rings. The quantitative estimate of drug-likeness (QED) is 0.631. The Labute approximate surface area is 177 Å². The van der Waals surface area contributed by atoms with Crippen molar-refractivity contribution in [3.05, 3.63) is 60.1 Å². The number of carbonyl (C=O) groups is 2. The minimum atomic E-state index is -0.0323. The number of nitrogens with two attached hydrogens (primary N) is 1. The van der Waals surface area contributed by atoms with Crippen LogP contribution in [-0.2, 0) is 9.59 Å². The third kappa shape index (κ3) is 5.09. The number of nitrogens with one attached hydrogen (secondary N) is 1. The molecule has 0 unspecified atom stereocenters. The van der Waals surface area contributed by atoms with E-state index < -0.39 is 0 Å². The minimum Gasteiger partial charge on any atom is -0.463 e. The second-order valence-electron chi connectivity index (χ2n) is 8.24. The summed E-state index contributed by atoms with van der Waals surface area (Å²) in [5.74, 6) is 1.26. The van der Waals surface area contributed by atoms with Crippen molar-refractivity contribution in [2.75, 3.05) is 52.4 Å². The van der Waals surface area contributed by atoms with Crippen LogP contribution in [0.3, 0.4) is 0 Å². The summed E-state index contributed by atoms with van der Waals surface area (Å²) in [6, 6.07) is 13.9. The number of amides is 2. The van der Waals surface area contributed by atoms with E-state index in [1.807, 2.05) is 45.4 Å². The van der Waals surface area contributed by atoms with Gasteiger partial charge in [0.2, 0.25) is 0 Å². The van der Waals surface area contributed by atoms with Crippen LogP contribution in [0.5, 0.6) is 0 Å². The lowest BCUT2D eigenvalue weighted by Crippen LogP contribution is -3.16. The Hall–Kier alpha value is -2.64. The Morgan fingerprint density at radius 3 is 2.30 bits per heavy atom. The molecule has 0 aliphatic carbocycles. The van der Waals surface area contributed by atoms with Crippen LogP contribution >= 0.6 is 0 Å². The molecule has 0 radical (unpaired) electrons. The fourth-order valence-electron chi connectivity index (χ4n) is 4.43. The van der Waals surface area contributed by atoms with Crippen LogP contribution in [0, 0.1) is 0 Å². The van der Waals surface area contributed by atoms with Gasteiger partial charge in [0.05, 0.1) is 32.4 Å². The number of quaternary nitrogens is 2. The maximum atomic E-state index is 12.8. The number of carbonyl (C=O) groups excluding carboxylic acids is 2. The fourth-order valence-corrected chi connectivity index (χ4v) is 4.43. The van der Waals surface area contributed by atoms with Crippen LogP contribution in [-0.4, -0.2) is 74.0 Å². The van der Waals surface area contributed by atoms with Crippen molar-refractivity contribution in [3.8, 4) is 0 Å². The standard InChI is InChI=1S/C23H30N4O3/c28-21(17-24-23(20-9-6-16-30-20)19-7-2-1-3-8-19)27-14-12-25(13-15-27)18-22(29)26-10-4-5-11-26/h1-3,6-9,16,23-24H,4-5,10-15,17-18H2/p+2/t23-/m0/s1. The lowest BCUT2D eigenvalue weighted by atomic mass is 10.0. The van der Waals surface area contributed by atoms with E-state index in [4.69, 9.17) is 4.42 Å². The molecule has 160 valence electrons. The molecule has 0 bridgehead atoms. The van der Waals surface area contributed by atoms with E-state index in [1.54, 1.807) is 6.26 Å². The van der Waals surface area contributed by atoms with Crippen LogP contribution < -0.4 is 10.2 Å². The summed E-state index contributed by atoms with van der Waals surface area (Å²) >= 11 is 0. The molecule has 1 aromatic heterocycles. The van der Waals surface area contributed by atoms with Crippen molar-refractivity contribution >= 4 is 11.8 Å². The Kier molecular flexibility index (Phi) is 6.81. The van der Waals surface area contributed by atoms with Crippen LogP contribution in [0.2, 0.25) is 0 Å². The molecular weight excluding hydrogens is 380 g/mol. The minimum absolute atomic E-state index is 0.0323. The van der Waals surface area contributed by atoms with Crippen LogP contribution in [0.15, 0.2) is 53.1 Å². The highest BCUT2D eigenvalue weighted by Crippen LogP contribution is 2.18. The van der Waals surface area contributed by atoms with Crippen molar-refractivity contribution in [1.82, 2.24) is 9.80 Å². The van der Waals surface area contributed by atoms with Gasteiger partial charge in [-0.25, -0.2) is 0 Å². The van der Waals surface area contributed by atoms with Crippen molar-refractivity contribution in [2.45, 2.75) is 18.9 Å². The molecule has 2 saturated heterocycles. The highest BCUT2D eigenvalue weighted by molar-refractivity contribution is 5.78. The molecule has 2 amide bonds. The molecule has 7 heteroatoms.